The van der Waals surface area contributed by atoms with Crippen molar-refractivity contribution >= 4 is 16.7 Å². The molecule has 0 aliphatic carbocycles. The van der Waals surface area contributed by atoms with E-state index in [1.807, 2.05) is 0 Å². The molecule has 0 saturated carbocycles. The largest absolute Gasteiger partial charge is 0.394 e. The van der Waals surface area contributed by atoms with Gasteiger partial charge in [-0.1, -0.05) is 0 Å². The van der Waals surface area contributed by atoms with Crippen molar-refractivity contribution in [2.45, 2.75) is 6.92 Å². The Labute approximate surface area is 67.6 Å². The summed E-state index contributed by atoms with van der Waals surface area (Å²) in [5, 5.41) is 7.13. The van der Waals surface area contributed by atoms with Crippen LogP contribution in [-0.2, 0) is 0 Å². The van der Waals surface area contributed by atoms with Gasteiger partial charge in [0.25, 0.3) is 0 Å². The Hall–Kier alpha value is -1.78. The summed E-state index contributed by atoms with van der Waals surface area (Å²) in [7, 11) is 0. The average Bonchev–Trinajstić information content (AvgIpc) is 2.41. The monoisotopic (exact) mass is 164 g/mol. The van der Waals surface area contributed by atoms with Crippen molar-refractivity contribution in [1.82, 2.24) is 15.2 Å². The maximum Gasteiger partial charge on any atom is 0.215 e. The number of aromatic amines is 2. The Morgan fingerprint density at radius 2 is 2.33 bits per heavy atom. The summed E-state index contributed by atoms with van der Waals surface area (Å²) < 4.78 is 0. The first-order chi connectivity index (χ1) is 5.70. The van der Waals surface area contributed by atoms with Crippen LogP contribution in [0.15, 0.2) is 11.0 Å². The summed E-state index contributed by atoms with van der Waals surface area (Å²) >= 11 is 0. The van der Waals surface area contributed by atoms with Gasteiger partial charge in [-0.3, -0.25) is 9.89 Å². The highest BCUT2D eigenvalue weighted by Crippen LogP contribution is 2.08. The molecule has 0 bridgehead atoms. The molecule has 2 aromatic rings. The van der Waals surface area contributed by atoms with Gasteiger partial charge in [0.15, 0.2) is 5.65 Å². The molecule has 0 radical (unpaired) electrons. The molecule has 0 spiro atoms. The van der Waals surface area contributed by atoms with Gasteiger partial charge in [-0.25, -0.2) is 0 Å². The van der Waals surface area contributed by atoms with Gasteiger partial charge in [0.2, 0.25) is 5.43 Å². The maximum atomic E-state index is 11.4. The Kier molecular flexibility index (Phi) is 1.21. The summed E-state index contributed by atoms with van der Waals surface area (Å²) in [6, 6.07) is 0. The summed E-state index contributed by atoms with van der Waals surface area (Å²) in [4.78, 5) is 14.2. The van der Waals surface area contributed by atoms with E-state index in [2.05, 4.69) is 15.2 Å². The quantitative estimate of drug-likeness (QED) is 0.517. The van der Waals surface area contributed by atoms with Crippen LogP contribution in [0, 0.1) is 6.92 Å². The van der Waals surface area contributed by atoms with E-state index in [-0.39, 0.29) is 11.1 Å². The van der Waals surface area contributed by atoms with Crippen LogP contribution in [0.2, 0.25) is 0 Å². The molecule has 12 heavy (non-hydrogen) atoms. The van der Waals surface area contributed by atoms with Crippen molar-refractivity contribution in [3.8, 4) is 0 Å². The summed E-state index contributed by atoms with van der Waals surface area (Å²) in [6.07, 6.45) is 1.45. The minimum Gasteiger partial charge on any atom is -0.394 e. The number of aryl methyl sites for hydroxylation is 1. The molecular formula is C7H8N4O. The minimum absolute atomic E-state index is 0.171. The van der Waals surface area contributed by atoms with E-state index in [0.717, 1.165) is 5.69 Å². The molecule has 62 valence electrons. The van der Waals surface area contributed by atoms with Gasteiger partial charge < -0.3 is 10.7 Å². The van der Waals surface area contributed by atoms with E-state index >= 15 is 0 Å². The fourth-order valence-electron chi connectivity index (χ4n) is 1.17. The molecule has 4 N–H and O–H groups in total. The topological polar surface area (TPSA) is 87.6 Å². The van der Waals surface area contributed by atoms with Gasteiger partial charge in [-0.2, -0.15) is 5.10 Å². The number of H-pyrrole nitrogens is 2. The molecule has 0 amide bonds. The second-order valence-electron chi connectivity index (χ2n) is 2.65. The van der Waals surface area contributed by atoms with Crippen molar-refractivity contribution in [2.75, 3.05) is 5.73 Å². The van der Waals surface area contributed by atoms with Gasteiger partial charge >= 0.3 is 0 Å². The summed E-state index contributed by atoms with van der Waals surface area (Å²) in [5.41, 5.74) is 6.75. The molecule has 5 nitrogen and oxygen atoms in total. The molecule has 2 heterocycles. The Morgan fingerprint density at radius 1 is 1.58 bits per heavy atom. The normalized spacial score (nSPS) is 10.8. The van der Waals surface area contributed by atoms with E-state index in [0.29, 0.717) is 11.0 Å². The fraction of sp³-hybridized carbons (Fsp3) is 0.143. The third kappa shape index (κ3) is 0.730. The first-order valence-corrected chi connectivity index (χ1v) is 3.52. The lowest BCUT2D eigenvalue weighted by molar-refractivity contribution is 1.05. The summed E-state index contributed by atoms with van der Waals surface area (Å²) in [6.45, 7) is 1.78. The van der Waals surface area contributed by atoms with Crippen LogP contribution in [0.5, 0.6) is 0 Å². The average molecular weight is 164 g/mol. The fourth-order valence-corrected chi connectivity index (χ4v) is 1.17. The zero-order valence-electron chi connectivity index (χ0n) is 6.51. The molecule has 5 heteroatoms. The zero-order chi connectivity index (χ0) is 8.72. The van der Waals surface area contributed by atoms with Crippen molar-refractivity contribution in [1.29, 1.82) is 0 Å². The van der Waals surface area contributed by atoms with E-state index in [1.54, 1.807) is 6.92 Å². The lowest BCUT2D eigenvalue weighted by atomic mass is 10.2. The molecule has 2 rings (SSSR count). The second kappa shape index (κ2) is 2.10. The third-order valence-electron chi connectivity index (χ3n) is 1.80. The van der Waals surface area contributed by atoms with Crippen molar-refractivity contribution < 1.29 is 0 Å². The van der Waals surface area contributed by atoms with Crippen LogP contribution < -0.4 is 11.2 Å². The van der Waals surface area contributed by atoms with Crippen LogP contribution in [0.3, 0.4) is 0 Å². The smallest absolute Gasteiger partial charge is 0.215 e. The van der Waals surface area contributed by atoms with Crippen LogP contribution in [0.4, 0.5) is 5.69 Å². The molecule has 0 aromatic carbocycles. The molecule has 0 aliphatic heterocycles. The molecule has 0 atom stereocenters. The van der Waals surface area contributed by atoms with Gasteiger partial charge in [0.1, 0.15) is 0 Å². The number of nitrogens with two attached hydrogens (primary N) is 1. The lowest BCUT2D eigenvalue weighted by Gasteiger charge is -1.91. The van der Waals surface area contributed by atoms with Gasteiger partial charge in [-0.15, -0.1) is 0 Å². The first kappa shape index (κ1) is 6.90. The predicted octanol–water partition coefficient (Wildman–Crippen LogP) is 0.142. The standard InChI is InChI=1S/C7H8N4O/c1-3-5-6(12)4(8)2-9-7(5)11-10-3/h2H,8H2,1H3,(H2,9,10,11,12). The van der Waals surface area contributed by atoms with E-state index < -0.39 is 0 Å². The molecule has 0 aliphatic rings. The number of nitrogens with zero attached hydrogens (tertiary/aromatic N) is 1. The Balaban J connectivity index is 3.06. The van der Waals surface area contributed by atoms with Crippen LogP contribution in [0.25, 0.3) is 11.0 Å². The van der Waals surface area contributed by atoms with E-state index in [4.69, 9.17) is 5.73 Å². The number of aromatic nitrogens is 3. The molecule has 0 unspecified atom stereocenters. The highest BCUT2D eigenvalue weighted by Gasteiger charge is 2.06. The van der Waals surface area contributed by atoms with Crippen LogP contribution in [0.1, 0.15) is 5.69 Å². The number of pyridine rings is 1. The number of anilines is 1. The number of hydrogen-bond acceptors (Lipinski definition) is 3. The molecule has 0 fully saturated rings. The van der Waals surface area contributed by atoms with Crippen molar-refractivity contribution in [2.24, 2.45) is 0 Å². The van der Waals surface area contributed by atoms with Gasteiger partial charge in [-0.05, 0) is 6.92 Å². The highest BCUT2D eigenvalue weighted by atomic mass is 16.1. The Morgan fingerprint density at radius 3 is 3.08 bits per heavy atom. The number of fused-ring (bicyclic) bond motifs is 1. The predicted molar refractivity (Wildman–Crippen MR) is 45.9 cm³/mol. The van der Waals surface area contributed by atoms with E-state index in [1.165, 1.54) is 6.20 Å². The maximum absolute atomic E-state index is 11.4. The van der Waals surface area contributed by atoms with E-state index in [9.17, 15) is 4.79 Å². The number of nitrogens with one attached hydrogen (secondary N) is 2. The van der Waals surface area contributed by atoms with Crippen molar-refractivity contribution in [3.05, 3.63) is 22.1 Å². The second-order valence-corrected chi connectivity index (χ2v) is 2.65. The van der Waals surface area contributed by atoms with Gasteiger partial charge in [0, 0.05) is 11.9 Å². The SMILES string of the molecule is Cc1[nH]nc2[nH]cc(N)c(=O)c12. The molecular weight excluding hydrogens is 156 g/mol. The van der Waals surface area contributed by atoms with Gasteiger partial charge in [0.05, 0.1) is 11.1 Å². The number of hydrogen-bond donors (Lipinski definition) is 3. The zero-order valence-corrected chi connectivity index (χ0v) is 6.51. The van der Waals surface area contributed by atoms with Crippen LogP contribution in [-0.4, -0.2) is 15.2 Å². The minimum atomic E-state index is -0.171. The molecule has 2 aromatic heterocycles. The number of rotatable bonds is 0. The summed E-state index contributed by atoms with van der Waals surface area (Å²) in [5.74, 6) is 0. The third-order valence-corrected chi connectivity index (χ3v) is 1.80. The molecule has 0 saturated heterocycles. The first-order valence-electron chi connectivity index (χ1n) is 3.52. The van der Waals surface area contributed by atoms with Crippen LogP contribution >= 0.6 is 0 Å². The van der Waals surface area contributed by atoms with Crippen molar-refractivity contribution in [3.63, 3.8) is 0 Å². The highest BCUT2D eigenvalue weighted by molar-refractivity contribution is 5.79. The number of nitrogen functional groups attached to an aromatic ring is 1. The Bertz CT molecular complexity index is 482. The lowest BCUT2D eigenvalue weighted by Crippen LogP contribution is -2.08.